The summed E-state index contributed by atoms with van der Waals surface area (Å²) in [6.07, 6.45) is 7.12. The number of nitrogens with one attached hydrogen (secondary N) is 1. The molecule has 1 atom stereocenters. The summed E-state index contributed by atoms with van der Waals surface area (Å²) in [5, 5.41) is 7.36. The van der Waals surface area contributed by atoms with E-state index < -0.39 is 0 Å². The van der Waals surface area contributed by atoms with Gasteiger partial charge in [0.2, 0.25) is 0 Å². The van der Waals surface area contributed by atoms with Gasteiger partial charge >= 0.3 is 0 Å². The van der Waals surface area contributed by atoms with Gasteiger partial charge in [0.15, 0.2) is 0 Å². The third-order valence-corrected chi connectivity index (χ3v) is 4.19. The summed E-state index contributed by atoms with van der Waals surface area (Å²) in [7, 11) is 0. The highest BCUT2D eigenvalue weighted by Crippen LogP contribution is 2.51. The van der Waals surface area contributed by atoms with E-state index in [-0.39, 0.29) is 0 Å². The summed E-state index contributed by atoms with van der Waals surface area (Å²) in [5.74, 6) is 0. The molecule has 1 nitrogen and oxygen atoms in total. The molecule has 1 unspecified atom stereocenters. The van der Waals surface area contributed by atoms with Crippen LogP contribution < -0.4 is 0 Å². The topological polar surface area (TPSA) is 23.9 Å². The quantitative estimate of drug-likeness (QED) is 0.496. The molecule has 1 rings (SSSR count). The van der Waals surface area contributed by atoms with Crippen molar-refractivity contribution in [1.29, 1.82) is 5.41 Å². The molecule has 0 aromatic heterocycles. The highest BCUT2D eigenvalue weighted by atomic mass is 32.1. The Morgan fingerprint density at radius 3 is 1.93 bits per heavy atom. The molecule has 0 aliphatic heterocycles. The van der Waals surface area contributed by atoms with Crippen LogP contribution in [0.2, 0.25) is 0 Å². The first-order valence-electron chi connectivity index (χ1n) is 5.47. The molecule has 0 aromatic rings. The lowest BCUT2D eigenvalue weighted by atomic mass is 9.58. The maximum Gasteiger partial charge on any atom is 0.0554 e. The molecule has 1 fully saturated rings. The first kappa shape index (κ1) is 13.8. The second-order valence-electron chi connectivity index (χ2n) is 5.11. The van der Waals surface area contributed by atoms with Crippen LogP contribution in [0.25, 0.3) is 0 Å². The molecular weight excluding hydrogens is 190 g/mol. The number of thiocarbonyl (C=S) groups is 1. The second kappa shape index (κ2) is 5.63. The molecule has 1 saturated carbocycles. The van der Waals surface area contributed by atoms with Crippen LogP contribution in [0.15, 0.2) is 0 Å². The number of isothiocyanates is 1. The largest absolute Gasteiger partial charge is 0.248 e. The zero-order valence-corrected chi connectivity index (χ0v) is 10.8. The van der Waals surface area contributed by atoms with Gasteiger partial charge in [0, 0.05) is 0 Å². The summed E-state index contributed by atoms with van der Waals surface area (Å²) < 4.78 is 0. The Morgan fingerprint density at radius 2 is 1.64 bits per heavy atom. The molecule has 0 bridgehead atoms. The monoisotopic (exact) mass is 213 g/mol. The van der Waals surface area contributed by atoms with E-state index in [1.807, 2.05) is 0 Å². The molecule has 0 radical (unpaired) electrons. The Morgan fingerprint density at radius 1 is 1.21 bits per heavy atom. The summed E-state index contributed by atoms with van der Waals surface area (Å²) in [5.41, 5.74) is 1.20. The number of hydrogen-bond donors (Lipinski definition) is 1. The Kier molecular flexibility index (Phi) is 5.54. The molecule has 0 heterocycles. The molecular formula is C12H23NS. The van der Waals surface area contributed by atoms with Crippen molar-refractivity contribution in [3.8, 4) is 0 Å². The predicted octanol–water partition coefficient (Wildman–Crippen LogP) is 4.67. The number of rotatable bonds is 1. The van der Waals surface area contributed by atoms with Crippen molar-refractivity contribution < 1.29 is 0 Å². The van der Waals surface area contributed by atoms with Gasteiger partial charge in [0.25, 0.3) is 0 Å². The van der Waals surface area contributed by atoms with Gasteiger partial charge in [0.05, 0.1) is 5.16 Å². The Hall–Kier alpha value is -0.200. The third kappa shape index (κ3) is 3.18. The molecule has 82 valence electrons. The van der Waals surface area contributed by atoms with Gasteiger partial charge in [-0.25, -0.2) is 5.41 Å². The first-order chi connectivity index (χ1) is 6.43. The van der Waals surface area contributed by atoms with Crippen molar-refractivity contribution in [1.82, 2.24) is 0 Å². The average molecular weight is 213 g/mol. The van der Waals surface area contributed by atoms with Gasteiger partial charge in [-0.1, -0.05) is 47.0 Å². The van der Waals surface area contributed by atoms with Crippen molar-refractivity contribution in [2.24, 2.45) is 10.8 Å². The van der Waals surface area contributed by atoms with Crippen molar-refractivity contribution >= 4 is 17.4 Å². The molecule has 1 N–H and O–H groups in total. The lowest BCUT2D eigenvalue weighted by molar-refractivity contribution is 0.0296. The van der Waals surface area contributed by atoms with E-state index >= 15 is 0 Å². The van der Waals surface area contributed by atoms with Gasteiger partial charge in [-0.15, -0.1) is 0 Å². The second-order valence-corrected chi connectivity index (χ2v) is 5.31. The van der Waals surface area contributed by atoms with Gasteiger partial charge < -0.3 is 0 Å². The zero-order valence-electron chi connectivity index (χ0n) is 9.94. The van der Waals surface area contributed by atoms with Crippen molar-refractivity contribution in [2.75, 3.05) is 0 Å². The van der Waals surface area contributed by atoms with Crippen molar-refractivity contribution in [3.63, 3.8) is 0 Å². The summed E-state index contributed by atoms with van der Waals surface area (Å²) in [6.45, 7) is 9.69. The minimum atomic E-state index is 0.583. The zero-order chi connectivity index (χ0) is 11.2. The molecule has 0 saturated heterocycles. The Bertz CT molecular complexity index is 204. The van der Waals surface area contributed by atoms with Crippen LogP contribution in [0.3, 0.4) is 0 Å². The fourth-order valence-electron chi connectivity index (χ4n) is 2.38. The summed E-state index contributed by atoms with van der Waals surface area (Å²) >= 11 is 3.81. The lowest BCUT2D eigenvalue weighted by Gasteiger charge is -2.48. The van der Waals surface area contributed by atoms with Crippen molar-refractivity contribution in [2.45, 2.75) is 59.8 Å². The van der Waals surface area contributed by atoms with E-state index in [0.29, 0.717) is 10.8 Å². The van der Waals surface area contributed by atoms with E-state index in [1.54, 1.807) is 5.16 Å². The highest BCUT2D eigenvalue weighted by molar-refractivity contribution is 7.78. The predicted molar refractivity (Wildman–Crippen MR) is 66.0 cm³/mol. The average Bonchev–Trinajstić information content (AvgIpc) is 2.12. The van der Waals surface area contributed by atoms with Crippen LogP contribution in [0, 0.1) is 16.2 Å². The Balaban J connectivity index is 0.000000500. The van der Waals surface area contributed by atoms with Crippen LogP contribution in [-0.2, 0) is 0 Å². The first-order valence-corrected chi connectivity index (χ1v) is 5.88. The fraction of sp³-hybridized carbons (Fsp3) is 0.917. The summed E-state index contributed by atoms with van der Waals surface area (Å²) in [4.78, 5) is 0. The van der Waals surface area contributed by atoms with E-state index in [4.69, 9.17) is 5.41 Å². The molecule has 0 aromatic carbocycles. The maximum absolute atomic E-state index is 5.77. The van der Waals surface area contributed by atoms with E-state index in [9.17, 15) is 0 Å². The van der Waals surface area contributed by atoms with Crippen LogP contribution in [0.4, 0.5) is 0 Å². The van der Waals surface area contributed by atoms with Crippen LogP contribution >= 0.6 is 12.2 Å². The fourth-order valence-corrected chi connectivity index (χ4v) is 2.38. The van der Waals surface area contributed by atoms with Crippen LogP contribution in [0.1, 0.15) is 59.8 Å². The highest BCUT2D eigenvalue weighted by Gasteiger charge is 2.40. The molecule has 2 heteroatoms. The molecule has 1 aliphatic carbocycles. The van der Waals surface area contributed by atoms with Gasteiger partial charge in [-0.2, -0.15) is 0 Å². The Labute approximate surface area is 93.8 Å². The van der Waals surface area contributed by atoms with E-state index in [0.717, 1.165) is 0 Å². The van der Waals surface area contributed by atoms with Crippen molar-refractivity contribution in [3.05, 3.63) is 0 Å². The molecule has 1 aliphatic rings. The normalized spacial score (nSPS) is 29.7. The molecule has 0 spiro atoms. The number of hydrogen-bond acceptors (Lipinski definition) is 2. The molecule has 14 heavy (non-hydrogen) atoms. The minimum absolute atomic E-state index is 0.583. The van der Waals surface area contributed by atoms with E-state index in [1.165, 1.54) is 32.1 Å². The third-order valence-electron chi connectivity index (χ3n) is 4.19. The maximum atomic E-state index is 5.77. The van der Waals surface area contributed by atoms with Crippen LogP contribution in [-0.4, -0.2) is 5.16 Å². The van der Waals surface area contributed by atoms with Crippen LogP contribution in [0.5, 0.6) is 0 Å². The smallest absolute Gasteiger partial charge is 0.0554 e. The summed E-state index contributed by atoms with van der Waals surface area (Å²) in [6, 6.07) is 0. The SMILES string of the molecule is CCC1(C)CCCCC1(C)C.N=C=S. The molecule has 0 amide bonds. The standard InChI is InChI=1S/C11H22.CHNS/c1-5-11(4)9-7-6-8-10(11,2)3;2-1-3/h5-9H2,1-4H3;2H. The van der Waals surface area contributed by atoms with Gasteiger partial charge in [0.1, 0.15) is 0 Å². The van der Waals surface area contributed by atoms with Gasteiger partial charge in [-0.05, 0) is 35.9 Å². The van der Waals surface area contributed by atoms with E-state index in [2.05, 4.69) is 39.9 Å². The minimum Gasteiger partial charge on any atom is -0.248 e. The van der Waals surface area contributed by atoms with Gasteiger partial charge in [-0.3, -0.25) is 0 Å². The lowest BCUT2D eigenvalue weighted by Crippen LogP contribution is -2.37.